The monoisotopic (exact) mass is 834 g/mol. The fourth-order valence-electron chi connectivity index (χ4n) is 8.22. The fourth-order valence-corrected chi connectivity index (χ4v) is 8.22. The molecule has 0 aliphatic rings. The fraction of sp³-hybridized carbons (Fsp3) is 0.925. The van der Waals surface area contributed by atoms with E-state index in [-0.39, 0.29) is 18.5 Å². The SMILES string of the molecule is CCCCCCCCCCCCCCCCCCC/C=C/C(O)C(CO)NC(=O)CCCCCCCCCCCCOC(=O)CCCCCCCCCCCCCCC. The van der Waals surface area contributed by atoms with Gasteiger partial charge in [0.05, 0.1) is 25.4 Å². The van der Waals surface area contributed by atoms with Crippen LogP contribution >= 0.6 is 0 Å². The molecule has 3 N–H and O–H groups in total. The molecule has 0 aromatic carbocycles. The predicted octanol–water partition coefficient (Wildman–Crippen LogP) is 15.7. The maximum Gasteiger partial charge on any atom is 0.305 e. The Morgan fingerprint density at radius 3 is 1.15 bits per heavy atom. The van der Waals surface area contributed by atoms with Crippen LogP contribution in [0.15, 0.2) is 12.2 Å². The molecule has 0 radical (unpaired) electrons. The van der Waals surface area contributed by atoms with Gasteiger partial charge in [-0.2, -0.15) is 0 Å². The van der Waals surface area contributed by atoms with Gasteiger partial charge in [-0.15, -0.1) is 0 Å². The van der Waals surface area contributed by atoms with Crippen LogP contribution in [0.3, 0.4) is 0 Å². The topological polar surface area (TPSA) is 95.9 Å². The molecule has 0 aromatic heterocycles. The summed E-state index contributed by atoms with van der Waals surface area (Å²) in [7, 11) is 0. The highest BCUT2D eigenvalue weighted by atomic mass is 16.5. The van der Waals surface area contributed by atoms with Gasteiger partial charge in [0.2, 0.25) is 5.91 Å². The van der Waals surface area contributed by atoms with Gasteiger partial charge in [-0.3, -0.25) is 9.59 Å². The van der Waals surface area contributed by atoms with E-state index in [0.29, 0.717) is 19.4 Å². The highest BCUT2D eigenvalue weighted by molar-refractivity contribution is 5.76. The molecule has 6 heteroatoms. The first-order valence-electron chi connectivity index (χ1n) is 26.5. The van der Waals surface area contributed by atoms with Crippen LogP contribution in [0.1, 0.15) is 290 Å². The normalized spacial score (nSPS) is 12.7. The number of hydrogen-bond donors (Lipinski definition) is 3. The lowest BCUT2D eigenvalue weighted by Crippen LogP contribution is -2.45. The van der Waals surface area contributed by atoms with Gasteiger partial charge in [-0.25, -0.2) is 0 Å². The molecule has 0 aliphatic carbocycles. The molecule has 2 atom stereocenters. The van der Waals surface area contributed by atoms with Gasteiger partial charge >= 0.3 is 5.97 Å². The van der Waals surface area contributed by atoms with E-state index in [2.05, 4.69) is 19.2 Å². The number of amides is 1. The second-order valence-electron chi connectivity index (χ2n) is 18.2. The van der Waals surface area contributed by atoms with Crippen LogP contribution in [0.4, 0.5) is 0 Å². The maximum atomic E-state index is 12.4. The number of aliphatic hydroxyl groups is 2. The third kappa shape index (κ3) is 45.9. The molecule has 0 spiro atoms. The number of allylic oxidation sites excluding steroid dienone is 1. The Morgan fingerprint density at radius 1 is 0.458 bits per heavy atom. The van der Waals surface area contributed by atoms with E-state index in [1.165, 1.54) is 205 Å². The van der Waals surface area contributed by atoms with Crippen LogP contribution in [0.2, 0.25) is 0 Å². The van der Waals surface area contributed by atoms with E-state index >= 15 is 0 Å². The molecule has 0 heterocycles. The number of unbranched alkanes of at least 4 members (excludes halogenated alkanes) is 38. The highest BCUT2D eigenvalue weighted by Gasteiger charge is 2.18. The molecule has 1 amide bonds. The Balaban J connectivity index is 3.51. The lowest BCUT2D eigenvalue weighted by Gasteiger charge is -2.20. The number of ether oxygens (including phenoxy) is 1. The minimum atomic E-state index is -0.858. The van der Waals surface area contributed by atoms with E-state index in [4.69, 9.17) is 4.74 Å². The number of rotatable bonds is 49. The van der Waals surface area contributed by atoms with E-state index < -0.39 is 12.1 Å². The summed E-state index contributed by atoms with van der Waals surface area (Å²) < 4.78 is 5.45. The van der Waals surface area contributed by atoms with Crippen LogP contribution in [-0.2, 0) is 14.3 Å². The van der Waals surface area contributed by atoms with Crippen molar-refractivity contribution in [1.29, 1.82) is 0 Å². The molecule has 59 heavy (non-hydrogen) atoms. The summed E-state index contributed by atoms with van der Waals surface area (Å²) in [6, 6.07) is -0.643. The second kappa shape index (κ2) is 49.3. The molecule has 2 unspecified atom stereocenters. The van der Waals surface area contributed by atoms with Crippen LogP contribution in [0.25, 0.3) is 0 Å². The summed E-state index contributed by atoms with van der Waals surface area (Å²) in [6.07, 6.45) is 56.4. The molecular formula is C53H103NO5. The van der Waals surface area contributed by atoms with Gasteiger partial charge in [0, 0.05) is 12.8 Å². The van der Waals surface area contributed by atoms with Crippen molar-refractivity contribution in [2.45, 2.75) is 302 Å². The molecule has 0 bridgehead atoms. The zero-order valence-electron chi connectivity index (χ0n) is 39.7. The van der Waals surface area contributed by atoms with Crippen molar-refractivity contribution >= 4 is 11.9 Å². The quantitative estimate of drug-likeness (QED) is 0.0322. The van der Waals surface area contributed by atoms with Crippen LogP contribution in [0.5, 0.6) is 0 Å². The van der Waals surface area contributed by atoms with Gasteiger partial charge in [-0.1, -0.05) is 257 Å². The Morgan fingerprint density at radius 2 is 0.780 bits per heavy atom. The summed E-state index contributed by atoms with van der Waals surface area (Å²) in [5.41, 5.74) is 0. The summed E-state index contributed by atoms with van der Waals surface area (Å²) >= 11 is 0. The summed E-state index contributed by atoms with van der Waals surface area (Å²) in [5, 5.41) is 23.1. The Kier molecular flexibility index (Phi) is 48.1. The first-order valence-corrected chi connectivity index (χ1v) is 26.5. The van der Waals surface area contributed by atoms with Crippen molar-refractivity contribution in [3.05, 3.63) is 12.2 Å². The third-order valence-corrected chi connectivity index (χ3v) is 12.3. The molecule has 0 rings (SSSR count). The smallest absolute Gasteiger partial charge is 0.305 e. The minimum absolute atomic E-state index is 0.0188. The number of nitrogens with one attached hydrogen (secondary N) is 1. The van der Waals surface area contributed by atoms with Crippen molar-refractivity contribution in [3.63, 3.8) is 0 Å². The number of carbonyl (C=O) groups excluding carboxylic acids is 2. The first kappa shape index (κ1) is 57.6. The minimum Gasteiger partial charge on any atom is -0.466 e. The largest absolute Gasteiger partial charge is 0.466 e. The predicted molar refractivity (Wildman–Crippen MR) is 255 cm³/mol. The summed E-state index contributed by atoms with van der Waals surface area (Å²) in [4.78, 5) is 24.5. The average molecular weight is 834 g/mol. The molecule has 6 nitrogen and oxygen atoms in total. The molecule has 350 valence electrons. The molecular weight excluding hydrogens is 731 g/mol. The molecule has 0 aliphatic heterocycles. The first-order chi connectivity index (χ1) is 29.0. The number of aliphatic hydroxyl groups excluding tert-OH is 2. The molecule has 0 saturated heterocycles. The molecule has 0 fully saturated rings. The van der Waals surface area contributed by atoms with Crippen molar-refractivity contribution in [3.8, 4) is 0 Å². The Bertz CT molecular complexity index is 878. The summed E-state index contributed by atoms with van der Waals surface area (Å²) in [5.74, 6) is -0.107. The highest BCUT2D eigenvalue weighted by Crippen LogP contribution is 2.16. The molecule has 0 aromatic rings. The Hall–Kier alpha value is -1.40. The second-order valence-corrected chi connectivity index (χ2v) is 18.2. The zero-order chi connectivity index (χ0) is 43.0. The average Bonchev–Trinajstić information content (AvgIpc) is 3.24. The van der Waals surface area contributed by atoms with Crippen LogP contribution in [-0.4, -0.2) is 47.4 Å². The lowest BCUT2D eigenvalue weighted by atomic mass is 10.0. The zero-order valence-corrected chi connectivity index (χ0v) is 39.7. The van der Waals surface area contributed by atoms with Gasteiger partial charge in [0.25, 0.3) is 0 Å². The molecule has 0 saturated carbocycles. The Labute approximate surface area is 368 Å². The number of esters is 1. The van der Waals surface area contributed by atoms with E-state index in [1.54, 1.807) is 6.08 Å². The van der Waals surface area contributed by atoms with E-state index in [9.17, 15) is 19.8 Å². The standard InChI is InChI=1S/C53H103NO5/c1-3-5-7-9-11-13-15-17-18-19-20-21-22-24-25-29-33-37-41-45-51(56)50(49-55)54-52(57)46-42-38-34-30-27-28-32-36-40-44-48-59-53(58)47-43-39-35-31-26-23-16-14-12-10-8-6-4-2/h41,45,50-51,55-56H,3-40,42-44,46-49H2,1-2H3,(H,54,57)/b45-41+. The maximum absolute atomic E-state index is 12.4. The van der Waals surface area contributed by atoms with Crippen molar-refractivity contribution in [2.75, 3.05) is 13.2 Å². The van der Waals surface area contributed by atoms with E-state index in [0.717, 1.165) is 57.8 Å². The van der Waals surface area contributed by atoms with Gasteiger partial charge < -0.3 is 20.3 Å². The van der Waals surface area contributed by atoms with Crippen molar-refractivity contribution in [1.82, 2.24) is 5.32 Å². The third-order valence-electron chi connectivity index (χ3n) is 12.3. The number of carbonyl (C=O) groups is 2. The van der Waals surface area contributed by atoms with Gasteiger partial charge in [0.15, 0.2) is 0 Å². The number of hydrogen-bond acceptors (Lipinski definition) is 5. The summed E-state index contributed by atoms with van der Waals surface area (Å²) in [6.45, 7) is 4.86. The van der Waals surface area contributed by atoms with Gasteiger partial charge in [0.1, 0.15) is 0 Å². The van der Waals surface area contributed by atoms with E-state index in [1.807, 2.05) is 6.08 Å². The van der Waals surface area contributed by atoms with Crippen molar-refractivity contribution < 1.29 is 24.5 Å². The van der Waals surface area contributed by atoms with Gasteiger partial charge in [-0.05, 0) is 32.1 Å². The lowest BCUT2D eigenvalue weighted by molar-refractivity contribution is -0.143. The van der Waals surface area contributed by atoms with Crippen LogP contribution in [0, 0.1) is 0 Å². The van der Waals surface area contributed by atoms with Crippen molar-refractivity contribution in [2.24, 2.45) is 0 Å². The van der Waals surface area contributed by atoms with Crippen LogP contribution < -0.4 is 5.32 Å².